The van der Waals surface area contributed by atoms with Gasteiger partial charge in [-0.25, -0.2) is 18.7 Å². The molecular formula is C11H7BrClF2N3. The van der Waals surface area contributed by atoms with Crippen LogP contribution < -0.4 is 0 Å². The highest BCUT2D eigenvalue weighted by molar-refractivity contribution is 9.08. The fraction of sp³-hybridized carbons (Fsp3) is 0.182. The van der Waals surface area contributed by atoms with E-state index in [2.05, 4.69) is 30.9 Å². The molecule has 0 amide bonds. The molecule has 2 aromatic heterocycles. The average Bonchev–Trinajstić information content (AvgIpc) is 2.38. The van der Waals surface area contributed by atoms with Crippen LogP contribution >= 0.6 is 27.5 Å². The fourth-order valence-corrected chi connectivity index (χ4v) is 2.01. The van der Waals surface area contributed by atoms with Crippen molar-refractivity contribution in [1.29, 1.82) is 0 Å². The molecule has 2 rings (SSSR count). The Morgan fingerprint density at radius 3 is 2.72 bits per heavy atom. The van der Waals surface area contributed by atoms with Gasteiger partial charge in [-0.3, -0.25) is 4.98 Å². The van der Waals surface area contributed by atoms with Crippen LogP contribution in [-0.4, -0.2) is 15.0 Å². The zero-order valence-electron chi connectivity index (χ0n) is 8.95. The molecule has 18 heavy (non-hydrogen) atoms. The molecule has 0 aromatic carbocycles. The number of pyridine rings is 1. The molecule has 0 aliphatic heterocycles. The maximum absolute atomic E-state index is 12.8. The normalized spacial score (nSPS) is 10.9. The molecule has 94 valence electrons. The highest BCUT2D eigenvalue weighted by Crippen LogP contribution is 2.27. The first-order chi connectivity index (χ1) is 8.63. The van der Waals surface area contributed by atoms with Gasteiger partial charge in [-0.2, -0.15) is 0 Å². The Balaban J connectivity index is 2.54. The quantitative estimate of drug-likeness (QED) is 0.796. The summed E-state index contributed by atoms with van der Waals surface area (Å²) in [5.41, 5.74) is 0.335. The molecule has 0 unspecified atom stereocenters. The molecule has 2 heterocycles. The van der Waals surface area contributed by atoms with Crippen LogP contribution in [0.25, 0.3) is 11.5 Å². The summed E-state index contributed by atoms with van der Waals surface area (Å²) < 4.78 is 25.7. The summed E-state index contributed by atoms with van der Waals surface area (Å²) in [5.74, 6) is 0.0978. The van der Waals surface area contributed by atoms with Gasteiger partial charge in [-0.15, -0.1) is 0 Å². The van der Waals surface area contributed by atoms with E-state index in [1.165, 1.54) is 12.4 Å². The SMILES string of the molecule is FC(F)c1nc(-c2ncccc2Cl)ncc1CBr. The first kappa shape index (κ1) is 13.3. The van der Waals surface area contributed by atoms with E-state index in [0.29, 0.717) is 16.3 Å². The van der Waals surface area contributed by atoms with Gasteiger partial charge < -0.3 is 0 Å². The van der Waals surface area contributed by atoms with Crippen LogP contribution in [0, 0.1) is 0 Å². The lowest BCUT2D eigenvalue weighted by Crippen LogP contribution is -2.02. The number of rotatable bonds is 3. The molecule has 2 aromatic rings. The standard InChI is InChI=1S/C11H7BrClF2N3/c12-4-6-5-17-11(18-8(6)10(14)15)9-7(13)2-1-3-16-9/h1-3,5,10H,4H2. The summed E-state index contributed by atoms with van der Waals surface area (Å²) in [4.78, 5) is 11.8. The van der Waals surface area contributed by atoms with Crippen molar-refractivity contribution in [2.75, 3.05) is 0 Å². The molecule has 0 fully saturated rings. The minimum absolute atomic E-state index is 0.0978. The molecule has 0 radical (unpaired) electrons. The molecule has 0 N–H and O–H groups in total. The topological polar surface area (TPSA) is 38.7 Å². The van der Waals surface area contributed by atoms with Crippen molar-refractivity contribution in [2.45, 2.75) is 11.8 Å². The molecule has 0 aliphatic rings. The minimum atomic E-state index is -2.67. The number of alkyl halides is 3. The largest absolute Gasteiger partial charge is 0.280 e. The molecule has 0 saturated carbocycles. The van der Waals surface area contributed by atoms with Gasteiger partial charge in [0.25, 0.3) is 6.43 Å². The van der Waals surface area contributed by atoms with Crippen LogP contribution in [0.2, 0.25) is 5.02 Å². The monoisotopic (exact) mass is 333 g/mol. The van der Waals surface area contributed by atoms with E-state index in [1.54, 1.807) is 12.1 Å². The number of halogens is 4. The predicted molar refractivity (Wildman–Crippen MR) is 67.9 cm³/mol. The number of nitrogens with zero attached hydrogens (tertiary/aromatic N) is 3. The van der Waals surface area contributed by atoms with Gasteiger partial charge in [0.05, 0.1) is 5.02 Å². The highest BCUT2D eigenvalue weighted by Gasteiger charge is 2.17. The second-order valence-electron chi connectivity index (χ2n) is 3.37. The number of aromatic nitrogens is 3. The lowest BCUT2D eigenvalue weighted by Gasteiger charge is -2.07. The third kappa shape index (κ3) is 2.64. The maximum Gasteiger partial charge on any atom is 0.280 e. The summed E-state index contributed by atoms with van der Waals surface area (Å²) in [6.45, 7) is 0. The first-order valence-corrected chi connectivity index (χ1v) is 6.44. The van der Waals surface area contributed by atoms with E-state index < -0.39 is 6.43 Å². The molecule has 3 nitrogen and oxygen atoms in total. The van der Waals surface area contributed by atoms with Crippen LogP contribution in [0.5, 0.6) is 0 Å². The van der Waals surface area contributed by atoms with Crippen molar-refractivity contribution >= 4 is 27.5 Å². The van der Waals surface area contributed by atoms with E-state index >= 15 is 0 Å². The van der Waals surface area contributed by atoms with Crippen molar-refractivity contribution in [3.63, 3.8) is 0 Å². The van der Waals surface area contributed by atoms with E-state index in [1.807, 2.05) is 0 Å². The summed E-state index contributed by atoms with van der Waals surface area (Å²) in [6, 6.07) is 3.25. The Labute approximate surface area is 115 Å². The minimum Gasteiger partial charge on any atom is -0.251 e. The van der Waals surface area contributed by atoms with Crippen LogP contribution in [-0.2, 0) is 5.33 Å². The maximum atomic E-state index is 12.8. The summed E-state index contributed by atoms with van der Waals surface area (Å²) in [5, 5.41) is 0.590. The Bertz CT molecular complexity index is 566. The van der Waals surface area contributed by atoms with Crippen molar-refractivity contribution in [3.05, 3.63) is 40.8 Å². The molecule has 0 aliphatic carbocycles. The zero-order chi connectivity index (χ0) is 13.1. The van der Waals surface area contributed by atoms with Crippen LogP contribution in [0.4, 0.5) is 8.78 Å². The highest BCUT2D eigenvalue weighted by atomic mass is 79.9. The van der Waals surface area contributed by atoms with Gasteiger partial charge in [0.15, 0.2) is 5.82 Å². The van der Waals surface area contributed by atoms with Gasteiger partial charge in [-0.1, -0.05) is 27.5 Å². The Morgan fingerprint density at radius 2 is 2.11 bits per heavy atom. The lowest BCUT2D eigenvalue weighted by atomic mass is 10.2. The summed E-state index contributed by atoms with van der Waals surface area (Å²) >= 11 is 9.04. The fourth-order valence-electron chi connectivity index (χ4n) is 1.38. The smallest absolute Gasteiger partial charge is 0.251 e. The van der Waals surface area contributed by atoms with Crippen molar-refractivity contribution < 1.29 is 8.78 Å². The third-order valence-corrected chi connectivity index (χ3v) is 3.13. The Morgan fingerprint density at radius 1 is 1.33 bits per heavy atom. The molecule has 0 spiro atoms. The molecule has 0 atom stereocenters. The van der Waals surface area contributed by atoms with Gasteiger partial charge in [0, 0.05) is 23.3 Å². The van der Waals surface area contributed by atoms with Crippen molar-refractivity contribution in [1.82, 2.24) is 15.0 Å². The van der Waals surface area contributed by atoms with E-state index in [0.717, 1.165) is 0 Å². The third-order valence-electron chi connectivity index (χ3n) is 2.22. The van der Waals surface area contributed by atoms with Crippen LogP contribution in [0.15, 0.2) is 24.5 Å². The van der Waals surface area contributed by atoms with Crippen molar-refractivity contribution in [3.8, 4) is 11.5 Å². The Kier molecular flexibility index (Phi) is 4.19. The van der Waals surface area contributed by atoms with E-state index in [-0.39, 0.29) is 16.8 Å². The summed E-state index contributed by atoms with van der Waals surface area (Å²) in [6.07, 6.45) is 0.191. The van der Waals surface area contributed by atoms with Gasteiger partial charge >= 0.3 is 0 Å². The second kappa shape index (κ2) is 5.67. The first-order valence-electron chi connectivity index (χ1n) is 4.94. The van der Waals surface area contributed by atoms with E-state index in [9.17, 15) is 8.78 Å². The summed E-state index contributed by atoms with van der Waals surface area (Å²) in [7, 11) is 0. The van der Waals surface area contributed by atoms with Crippen LogP contribution in [0.1, 0.15) is 17.7 Å². The van der Waals surface area contributed by atoms with E-state index in [4.69, 9.17) is 11.6 Å². The molecular weight excluding hydrogens is 327 g/mol. The number of hydrogen-bond acceptors (Lipinski definition) is 3. The van der Waals surface area contributed by atoms with Gasteiger partial charge in [0.2, 0.25) is 0 Å². The number of hydrogen-bond donors (Lipinski definition) is 0. The zero-order valence-corrected chi connectivity index (χ0v) is 11.3. The van der Waals surface area contributed by atoms with Gasteiger partial charge in [0.1, 0.15) is 11.4 Å². The predicted octanol–water partition coefficient (Wildman–Crippen LogP) is 4.02. The Hall–Kier alpha value is -1.14. The van der Waals surface area contributed by atoms with Crippen molar-refractivity contribution in [2.24, 2.45) is 0 Å². The molecule has 0 bridgehead atoms. The van der Waals surface area contributed by atoms with Crippen LogP contribution in [0.3, 0.4) is 0 Å². The molecule has 7 heteroatoms. The average molecular weight is 335 g/mol. The second-order valence-corrected chi connectivity index (χ2v) is 4.34. The van der Waals surface area contributed by atoms with Gasteiger partial charge in [-0.05, 0) is 12.1 Å². The lowest BCUT2D eigenvalue weighted by molar-refractivity contribution is 0.145. The molecule has 0 saturated heterocycles.